The predicted octanol–water partition coefficient (Wildman–Crippen LogP) is 2.93. The predicted molar refractivity (Wildman–Crippen MR) is 128 cm³/mol. The standard InChI is InChI=1S/C21H35N5O.HI/c1-3-22-21(23-12-8-15-25-13-6-7-14-25)24-18-11-16-26(17-18)19-9-4-5-10-20(19)27-2;/h4-5,9-10,18H,3,6-8,11-17H2,1-2H3,(H2,22,23,24);1H. The summed E-state index contributed by atoms with van der Waals surface area (Å²) in [4.78, 5) is 9.74. The second-order valence-electron chi connectivity index (χ2n) is 7.41. The number of hydrogen-bond acceptors (Lipinski definition) is 4. The molecule has 7 heteroatoms. The van der Waals surface area contributed by atoms with Gasteiger partial charge in [-0.2, -0.15) is 0 Å². The molecule has 0 amide bonds. The minimum Gasteiger partial charge on any atom is -0.495 e. The molecule has 0 aliphatic carbocycles. The molecule has 2 saturated heterocycles. The molecule has 0 spiro atoms. The van der Waals surface area contributed by atoms with E-state index >= 15 is 0 Å². The molecule has 0 bridgehead atoms. The number of nitrogens with one attached hydrogen (secondary N) is 2. The van der Waals surface area contributed by atoms with Crippen LogP contribution >= 0.6 is 24.0 Å². The van der Waals surface area contributed by atoms with Crippen LogP contribution in [0.5, 0.6) is 5.75 Å². The molecular weight excluding hydrogens is 465 g/mol. The number of methoxy groups -OCH3 is 1. The van der Waals surface area contributed by atoms with Crippen molar-refractivity contribution in [2.24, 2.45) is 4.99 Å². The van der Waals surface area contributed by atoms with Crippen molar-refractivity contribution in [3.63, 3.8) is 0 Å². The lowest BCUT2D eigenvalue weighted by molar-refractivity contribution is 0.336. The van der Waals surface area contributed by atoms with Crippen LogP contribution in [0.4, 0.5) is 5.69 Å². The van der Waals surface area contributed by atoms with Crippen LogP contribution in [-0.2, 0) is 0 Å². The molecule has 1 unspecified atom stereocenters. The Kier molecular flexibility index (Phi) is 10.2. The number of hydrogen-bond donors (Lipinski definition) is 2. The molecule has 1 aromatic carbocycles. The summed E-state index contributed by atoms with van der Waals surface area (Å²) in [5, 5.41) is 7.02. The van der Waals surface area contributed by atoms with E-state index in [1.807, 2.05) is 12.1 Å². The quantitative estimate of drug-likeness (QED) is 0.248. The number of aliphatic imine (C=N–C) groups is 1. The molecule has 2 aliphatic heterocycles. The summed E-state index contributed by atoms with van der Waals surface area (Å²) in [5.41, 5.74) is 1.18. The van der Waals surface area contributed by atoms with E-state index in [1.54, 1.807) is 7.11 Å². The Morgan fingerprint density at radius 1 is 1.21 bits per heavy atom. The number of guanidine groups is 1. The molecule has 28 heavy (non-hydrogen) atoms. The van der Waals surface area contributed by atoms with E-state index in [9.17, 15) is 0 Å². The maximum Gasteiger partial charge on any atom is 0.191 e. The van der Waals surface area contributed by atoms with Crippen LogP contribution in [0.15, 0.2) is 29.3 Å². The molecule has 1 atom stereocenters. The van der Waals surface area contributed by atoms with Crippen molar-refractivity contribution in [2.45, 2.75) is 38.6 Å². The fourth-order valence-electron chi connectivity index (χ4n) is 3.99. The third kappa shape index (κ3) is 6.69. The number of benzene rings is 1. The van der Waals surface area contributed by atoms with Crippen LogP contribution < -0.4 is 20.3 Å². The summed E-state index contributed by atoms with van der Waals surface area (Å²) in [6, 6.07) is 8.67. The second kappa shape index (κ2) is 12.4. The van der Waals surface area contributed by atoms with Gasteiger partial charge in [-0.3, -0.25) is 4.99 Å². The molecule has 0 aromatic heterocycles. The van der Waals surface area contributed by atoms with Gasteiger partial charge in [0.1, 0.15) is 5.75 Å². The van der Waals surface area contributed by atoms with Gasteiger partial charge in [-0.05, 0) is 64.4 Å². The fraction of sp³-hybridized carbons (Fsp3) is 0.667. The molecule has 2 N–H and O–H groups in total. The third-order valence-corrected chi connectivity index (χ3v) is 5.40. The molecule has 158 valence electrons. The summed E-state index contributed by atoms with van der Waals surface area (Å²) < 4.78 is 5.52. The number of rotatable bonds is 8. The average Bonchev–Trinajstić information content (AvgIpc) is 3.37. The summed E-state index contributed by atoms with van der Waals surface area (Å²) in [7, 11) is 1.74. The Hall–Kier alpha value is -1.22. The minimum absolute atomic E-state index is 0. The van der Waals surface area contributed by atoms with Crippen LogP contribution in [0, 0.1) is 0 Å². The molecule has 2 aliphatic rings. The van der Waals surface area contributed by atoms with Gasteiger partial charge >= 0.3 is 0 Å². The number of anilines is 1. The van der Waals surface area contributed by atoms with Crippen molar-refractivity contribution < 1.29 is 4.74 Å². The highest BCUT2D eigenvalue weighted by Gasteiger charge is 2.25. The number of para-hydroxylation sites is 2. The highest BCUT2D eigenvalue weighted by molar-refractivity contribution is 14.0. The molecule has 3 rings (SSSR count). The van der Waals surface area contributed by atoms with Crippen molar-refractivity contribution in [3.8, 4) is 5.75 Å². The van der Waals surface area contributed by atoms with E-state index in [0.717, 1.165) is 50.7 Å². The van der Waals surface area contributed by atoms with E-state index in [-0.39, 0.29) is 24.0 Å². The average molecular weight is 501 g/mol. The zero-order chi connectivity index (χ0) is 18.9. The van der Waals surface area contributed by atoms with Crippen molar-refractivity contribution in [1.29, 1.82) is 0 Å². The van der Waals surface area contributed by atoms with E-state index in [0.29, 0.717) is 6.04 Å². The maximum absolute atomic E-state index is 5.52. The molecule has 1 aromatic rings. The van der Waals surface area contributed by atoms with Crippen LogP contribution in [0.1, 0.15) is 32.6 Å². The Labute approximate surface area is 187 Å². The van der Waals surface area contributed by atoms with E-state index in [2.05, 4.69) is 39.5 Å². The van der Waals surface area contributed by atoms with Crippen LogP contribution in [-0.4, -0.2) is 69.8 Å². The Balaban J connectivity index is 0.00000280. The molecule has 0 saturated carbocycles. The molecule has 6 nitrogen and oxygen atoms in total. The first-order valence-corrected chi connectivity index (χ1v) is 10.5. The lowest BCUT2D eigenvalue weighted by atomic mass is 10.2. The zero-order valence-corrected chi connectivity index (χ0v) is 19.7. The van der Waals surface area contributed by atoms with Gasteiger partial charge in [0.25, 0.3) is 0 Å². The summed E-state index contributed by atoms with van der Waals surface area (Å²) in [5.74, 6) is 1.89. The number of nitrogens with zero attached hydrogens (tertiary/aromatic N) is 3. The van der Waals surface area contributed by atoms with E-state index in [4.69, 9.17) is 9.73 Å². The normalized spacial score (nSPS) is 20.1. The third-order valence-electron chi connectivity index (χ3n) is 5.40. The van der Waals surface area contributed by atoms with Crippen LogP contribution in [0.25, 0.3) is 0 Å². The SMILES string of the molecule is CCNC(=NCCCN1CCCC1)NC1CCN(c2ccccc2OC)C1.I. The topological polar surface area (TPSA) is 52.1 Å². The van der Waals surface area contributed by atoms with E-state index in [1.165, 1.54) is 38.2 Å². The van der Waals surface area contributed by atoms with Gasteiger partial charge in [0.2, 0.25) is 0 Å². The van der Waals surface area contributed by atoms with Gasteiger partial charge in [-0.1, -0.05) is 12.1 Å². The summed E-state index contributed by atoms with van der Waals surface area (Å²) in [6.07, 6.45) is 4.96. The van der Waals surface area contributed by atoms with E-state index < -0.39 is 0 Å². The summed E-state index contributed by atoms with van der Waals surface area (Å²) >= 11 is 0. The molecule has 2 heterocycles. The maximum atomic E-state index is 5.52. The molecule has 2 fully saturated rings. The smallest absolute Gasteiger partial charge is 0.191 e. The fourth-order valence-corrected chi connectivity index (χ4v) is 3.99. The Morgan fingerprint density at radius 2 is 2.00 bits per heavy atom. The van der Waals surface area contributed by atoms with Crippen molar-refractivity contribution in [2.75, 3.05) is 57.8 Å². The lowest BCUT2D eigenvalue weighted by Crippen LogP contribution is -2.44. The lowest BCUT2D eigenvalue weighted by Gasteiger charge is -2.22. The van der Waals surface area contributed by atoms with Crippen LogP contribution in [0.2, 0.25) is 0 Å². The van der Waals surface area contributed by atoms with Gasteiger partial charge < -0.3 is 25.2 Å². The van der Waals surface area contributed by atoms with Gasteiger partial charge in [-0.15, -0.1) is 24.0 Å². The minimum atomic E-state index is 0. The van der Waals surface area contributed by atoms with Crippen LogP contribution in [0.3, 0.4) is 0 Å². The van der Waals surface area contributed by atoms with Gasteiger partial charge in [0, 0.05) is 32.2 Å². The number of likely N-dealkylation sites (tertiary alicyclic amines) is 1. The highest BCUT2D eigenvalue weighted by Crippen LogP contribution is 2.30. The first-order valence-electron chi connectivity index (χ1n) is 10.5. The van der Waals surface area contributed by atoms with Crippen molar-refractivity contribution >= 4 is 35.6 Å². The first-order chi connectivity index (χ1) is 13.3. The number of ether oxygens (including phenoxy) is 1. The van der Waals surface area contributed by atoms with Crippen molar-refractivity contribution in [3.05, 3.63) is 24.3 Å². The number of halogens is 1. The summed E-state index contributed by atoms with van der Waals surface area (Å²) in [6.45, 7) is 9.61. The zero-order valence-electron chi connectivity index (χ0n) is 17.3. The highest BCUT2D eigenvalue weighted by atomic mass is 127. The van der Waals surface area contributed by atoms with Gasteiger partial charge in [-0.25, -0.2) is 0 Å². The largest absolute Gasteiger partial charge is 0.495 e. The second-order valence-corrected chi connectivity index (χ2v) is 7.41. The van der Waals surface area contributed by atoms with Gasteiger partial charge in [0.15, 0.2) is 5.96 Å². The Morgan fingerprint density at radius 3 is 2.75 bits per heavy atom. The molecule has 0 radical (unpaired) electrons. The van der Waals surface area contributed by atoms with Gasteiger partial charge in [0.05, 0.1) is 12.8 Å². The monoisotopic (exact) mass is 501 g/mol. The van der Waals surface area contributed by atoms with Crippen molar-refractivity contribution in [1.82, 2.24) is 15.5 Å². The Bertz CT molecular complexity index is 606. The molecular formula is C21H36IN5O. The first kappa shape index (κ1) is 23.1.